The zero-order valence-electron chi connectivity index (χ0n) is 5.81. The van der Waals surface area contributed by atoms with E-state index in [0.29, 0.717) is 0 Å². The third-order valence-electron chi connectivity index (χ3n) is 1.65. The van der Waals surface area contributed by atoms with Gasteiger partial charge in [-0.15, -0.1) is 0 Å². The van der Waals surface area contributed by atoms with Crippen molar-refractivity contribution in [3.05, 3.63) is 29.3 Å². The van der Waals surface area contributed by atoms with Gasteiger partial charge in [0.05, 0.1) is 0 Å². The van der Waals surface area contributed by atoms with Crippen molar-refractivity contribution in [3.8, 4) is 0 Å². The van der Waals surface area contributed by atoms with Crippen molar-refractivity contribution in [1.82, 2.24) is 0 Å². The first-order valence-corrected chi connectivity index (χ1v) is 3.03. The summed E-state index contributed by atoms with van der Waals surface area (Å²) in [6, 6.07) is 5.95. The molecule has 1 nitrogen and oxygen atoms in total. The Morgan fingerprint density at radius 2 is 2.00 bits per heavy atom. The molecule has 0 aliphatic carbocycles. The van der Waals surface area contributed by atoms with Gasteiger partial charge in [-0.3, -0.25) is 0 Å². The molecular formula is C8H13N. The van der Waals surface area contributed by atoms with Crippen molar-refractivity contribution >= 4 is 5.69 Å². The van der Waals surface area contributed by atoms with Crippen LogP contribution in [0, 0.1) is 13.8 Å². The fourth-order valence-electron chi connectivity index (χ4n) is 0.774. The summed E-state index contributed by atoms with van der Waals surface area (Å²) in [5.74, 6) is 0. The van der Waals surface area contributed by atoms with Gasteiger partial charge in [0.1, 0.15) is 0 Å². The van der Waals surface area contributed by atoms with Gasteiger partial charge in [-0.1, -0.05) is 12.1 Å². The van der Waals surface area contributed by atoms with E-state index in [1.807, 2.05) is 19.1 Å². The first-order chi connectivity index (χ1) is 4.22. The SMILES string of the molecule is Cc1cccc(N)c1C.[HH]. The Morgan fingerprint density at radius 1 is 1.33 bits per heavy atom. The van der Waals surface area contributed by atoms with Crippen LogP contribution in [0.4, 0.5) is 5.69 Å². The first kappa shape index (κ1) is 6.14. The number of nitrogens with two attached hydrogens (primary N) is 1. The Hall–Kier alpha value is -0.980. The molecule has 0 saturated heterocycles. The summed E-state index contributed by atoms with van der Waals surface area (Å²) in [5.41, 5.74) is 8.96. The highest BCUT2D eigenvalue weighted by Crippen LogP contribution is 2.13. The Kier molecular flexibility index (Phi) is 1.43. The second kappa shape index (κ2) is 2.09. The number of rotatable bonds is 0. The largest absolute Gasteiger partial charge is 0.399 e. The van der Waals surface area contributed by atoms with E-state index in [1.54, 1.807) is 0 Å². The van der Waals surface area contributed by atoms with Crippen LogP contribution in [-0.2, 0) is 0 Å². The van der Waals surface area contributed by atoms with Gasteiger partial charge in [-0.25, -0.2) is 0 Å². The maximum Gasteiger partial charge on any atom is 0.0346 e. The van der Waals surface area contributed by atoms with E-state index < -0.39 is 0 Å². The van der Waals surface area contributed by atoms with Crippen LogP contribution in [0.1, 0.15) is 12.6 Å². The van der Waals surface area contributed by atoms with Gasteiger partial charge in [0, 0.05) is 7.11 Å². The summed E-state index contributed by atoms with van der Waals surface area (Å²) < 4.78 is 0. The van der Waals surface area contributed by atoms with Crippen LogP contribution in [0.15, 0.2) is 18.2 Å². The Morgan fingerprint density at radius 3 is 2.44 bits per heavy atom. The molecule has 0 unspecified atom stereocenters. The van der Waals surface area contributed by atoms with Crippen molar-refractivity contribution in [2.24, 2.45) is 0 Å². The van der Waals surface area contributed by atoms with Crippen LogP contribution >= 0.6 is 0 Å². The van der Waals surface area contributed by atoms with Gasteiger partial charge in [0.25, 0.3) is 0 Å². The Bertz CT molecular complexity index is 200. The fourth-order valence-corrected chi connectivity index (χ4v) is 0.774. The van der Waals surface area contributed by atoms with Crippen LogP contribution in [0.25, 0.3) is 0 Å². The van der Waals surface area contributed by atoms with Crippen LogP contribution in [0.2, 0.25) is 0 Å². The van der Waals surface area contributed by atoms with E-state index in [2.05, 4.69) is 13.0 Å². The minimum Gasteiger partial charge on any atom is -0.399 e. The molecule has 0 heterocycles. The number of nitrogen functional groups attached to an aromatic ring is 1. The van der Waals surface area contributed by atoms with Crippen LogP contribution < -0.4 is 5.73 Å². The van der Waals surface area contributed by atoms with E-state index in [4.69, 9.17) is 5.73 Å². The molecule has 0 saturated carbocycles. The van der Waals surface area contributed by atoms with Gasteiger partial charge in [0.15, 0.2) is 0 Å². The van der Waals surface area contributed by atoms with Crippen molar-refractivity contribution in [2.45, 2.75) is 13.8 Å². The third kappa shape index (κ3) is 1.04. The summed E-state index contributed by atoms with van der Waals surface area (Å²) in [4.78, 5) is 0. The predicted octanol–water partition coefficient (Wildman–Crippen LogP) is 2.13. The quantitative estimate of drug-likeness (QED) is 0.525. The van der Waals surface area contributed by atoms with Gasteiger partial charge < -0.3 is 5.73 Å². The number of hydrogen-bond donors (Lipinski definition) is 1. The van der Waals surface area contributed by atoms with Gasteiger partial charge in [-0.05, 0) is 31.0 Å². The lowest BCUT2D eigenvalue weighted by molar-refractivity contribution is 1.35. The highest BCUT2D eigenvalue weighted by atomic mass is 14.5. The number of hydrogen-bond acceptors (Lipinski definition) is 1. The lowest BCUT2D eigenvalue weighted by Crippen LogP contribution is -1.90. The van der Waals surface area contributed by atoms with Crippen molar-refractivity contribution in [1.29, 1.82) is 0 Å². The summed E-state index contributed by atoms with van der Waals surface area (Å²) in [6.45, 7) is 4.09. The maximum atomic E-state index is 5.62. The van der Waals surface area contributed by atoms with E-state index in [0.717, 1.165) is 5.69 Å². The summed E-state index contributed by atoms with van der Waals surface area (Å²) in [6.07, 6.45) is 0. The van der Waals surface area contributed by atoms with E-state index in [-0.39, 0.29) is 1.43 Å². The summed E-state index contributed by atoms with van der Waals surface area (Å²) >= 11 is 0. The average molecular weight is 123 g/mol. The molecule has 0 radical (unpaired) electrons. The third-order valence-corrected chi connectivity index (χ3v) is 1.65. The highest BCUT2D eigenvalue weighted by molar-refractivity contribution is 5.49. The summed E-state index contributed by atoms with van der Waals surface area (Å²) in [7, 11) is 0. The van der Waals surface area contributed by atoms with E-state index in [9.17, 15) is 0 Å². The van der Waals surface area contributed by atoms with Gasteiger partial charge in [-0.2, -0.15) is 0 Å². The molecular weight excluding hydrogens is 110 g/mol. The molecule has 1 aromatic carbocycles. The fraction of sp³-hybridized carbons (Fsp3) is 0.250. The van der Waals surface area contributed by atoms with E-state index in [1.165, 1.54) is 11.1 Å². The molecule has 9 heavy (non-hydrogen) atoms. The molecule has 1 aromatic rings. The van der Waals surface area contributed by atoms with Crippen molar-refractivity contribution in [2.75, 3.05) is 5.73 Å². The number of anilines is 1. The number of aryl methyl sites for hydroxylation is 1. The molecule has 1 rings (SSSR count). The molecule has 0 aromatic heterocycles. The second-order valence-electron chi connectivity index (χ2n) is 2.29. The minimum absolute atomic E-state index is 0. The van der Waals surface area contributed by atoms with Gasteiger partial charge in [0.2, 0.25) is 0 Å². The van der Waals surface area contributed by atoms with Crippen LogP contribution in [0.3, 0.4) is 0 Å². The molecule has 0 fully saturated rings. The smallest absolute Gasteiger partial charge is 0.0346 e. The molecule has 0 amide bonds. The average Bonchev–Trinajstić information content (AvgIpc) is 1.83. The normalized spacial score (nSPS) is 9.56. The maximum absolute atomic E-state index is 5.62. The highest BCUT2D eigenvalue weighted by Gasteiger charge is 1.92. The molecule has 2 N–H and O–H groups in total. The van der Waals surface area contributed by atoms with Crippen LogP contribution in [0.5, 0.6) is 0 Å². The van der Waals surface area contributed by atoms with Crippen molar-refractivity contribution in [3.63, 3.8) is 0 Å². The summed E-state index contributed by atoms with van der Waals surface area (Å²) in [5, 5.41) is 0. The lowest BCUT2D eigenvalue weighted by atomic mass is 10.1. The molecule has 0 atom stereocenters. The van der Waals surface area contributed by atoms with Crippen LogP contribution in [-0.4, -0.2) is 0 Å². The zero-order chi connectivity index (χ0) is 6.85. The molecule has 0 aliphatic heterocycles. The Labute approximate surface area is 57.0 Å². The molecule has 50 valence electrons. The monoisotopic (exact) mass is 123 g/mol. The molecule has 0 spiro atoms. The molecule has 0 aliphatic rings. The minimum atomic E-state index is 0. The topological polar surface area (TPSA) is 26.0 Å². The van der Waals surface area contributed by atoms with E-state index >= 15 is 0 Å². The second-order valence-corrected chi connectivity index (χ2v) is 2.29. The zero-order valence-corrected chi connectivity index (χ0v) is 5.81. The first-order valence-electron chi connectivity index (χ1n) is 3.03. The number of benzene rings is 1. The lowest BCUT2D eigenvalue weighted by Gasteiger charge is -2.00. The molecule has 1 heteroatoms. The Balaban J connectivity index is 0.000000810. The van der Waals surface area contributed by atoms with Gasteiger partial charge >= 0.3 is 0 Å². The molecule has 0 bridgehead atoms. The standard InChI is InChI=1S/C8H11N.H2/c1-6-4-3-5-8(9)7(6)2;/h3-5H,9H2,1-2H3;1H. The predicted molar refractivity (Wildman–Crippen MR) is 42.4 cm³/mol. The van der Waals surface area contributed by atoms with Crippen molar-refractivity contribution < 1.29 is 1.43 Å².